The summed E-state index contributed by atoms with van der Waals surface area (Å²) in [4.78, 5) is 46.8. The highest BCUT2D eigenvalue weighted by Gasteiger charge is 2.68. The SMILES string of the molecule is COC1(NC(=O)C(F)(F)F)C(=O)N2CC(COC(N)=O)(C(=O)O)CS[C@@H]21. The number of primary amides is 1. The van der Waals surface area contributed by atoms with Crippen LogP contribution in [0.15, 0.2) is 0 Å². The zero-order valence-electron chi connectivity index (χ0n) is 13.2. The first-order valence-electron chi connectivity index (χ1n) is 6.92. The lowest BCUT2D eigenvalue weighted by molar-refractivity contribution is -0.211. The van der Waals surface area contributed by atoms with Gasteiger partial charge in [0.25, 0.3) is 11.6 Å². The molecular weight excluding hydrogens is 387 g/mol. The fraction of sp³-hybridized carbons (Fsp3) is 0.667. The second-order valence-electron chi connectivity index (χ2n) is 5.68. The van der Waals surface area contributed by atoms with Crippen molar-refractivity contribution in [1.29, 1.82) is 0 Å². The van der Waals surface area contributed by atoms with E-state index in [1.54, 1.807) is 0 Å². The van der Waals surface area contributed by atoms with Gasteiger partial charge in [0.15, 0.2) is 0 Å². The number of carboxylic acids is 1. The van der Waals surface area contributed by atoms with Crippen molar-refractivity contribution in [2.45, 2.75) is 17.3 Å². The fourth-order valence-electron chi connectivity index (χ4n) is 2.63. The van der Waals surface area contributed by atoms with Gasteiger partial charge in [-0.15, -0.1) is 11.8 Å². The summed E-state index contributed by atoms with van der Waals surface area (Å²) in [5.74, 6) is -5.01. The topological polar surface area (TPSA) is 148 Å². The van der Waals surface area contributed by atoms with E-state index in [-0.39, 0.29) is 5.75 Å². The lowest BCUT2D eigenvalue weighted by Crippen LogP contribution is -2.83. The molecule has 2 rings (SSSR count). The van der Waals surface area contributed by atoms with E-state index in [1.165, 1.54) is 5.32 Å². The highest BCUT2D eigenvalue weighted by atomic mass is 32.2. The lowest BCUT2D eigenvalue weighted by Gasteiger charge is -2.58. The molecule has 4 N–H and O–H groups in total. The standard InChI is InChI=1S/C12H14F3N3O7S/c1-24-11(17-5(19)12(13,14)15)6(20)18-2-10(8(21)22,3-25-9(16)23)4-26-7(11)18/h7H,2-4H2,1H3,(H2,16,23)(H,17,19)(H,21,22)/t7-,10?,11?/m1/s1. The molecule has 2 saturated heterocycles. The molecule has 10 nitrogen and oxygen atoms in total. The maximum atomic E-state index is 12.5. The summed E-state index contributed by atoms with van der Waals surface area (Å²) in [6.07, 6.45) is -6.44. The average molecular weight is 401 g/mol. The number of β-lactam (4-membered cyclic amide) rings is 1. The normalized spacial score (nSPS) is 30.8. The molecule has 0 aliphatic carbocycles. The first-order valence-corrected chi connectivity index (χ1v) is 7.97. The molecule has 0 spiro atoms. The number of hydrogen-bond acceptors (Lipinski definition) is 7. The molecule has 0 saturated carbocycles. The number of thioether (sulfide) groups is 1. The molecule has 2 fully saturated rings. The molecule has 14 heteroatoms. The number of amides is 3. The molecule has 3 amide bonds. The van der Waals surface area contributed by atoms with Crippen LogP contribution in [-0.2, 0) is 23.9 Å². The van der Waals surface area contributed by atoms with Gasteiger partial charge in [-0.25, -0.2) is 4.79 Å². The van der Waals surface area contributed by atoms with Crippen molar-refractivity contribution in [2.24, 2.45) is 11.1 Å². The van der Waals surface area contributed by atoms with Crippen LogP contribution in [0, 0.1) is 5.41 Å². The number of carbonyl (C=O) groups excluding carboxylic acids is 3. The van der Waals surface area contributed by atoms with Crippen LogP contribution in [0.5, 0.6) is 0 Å². The number of nitrogens with zero attached hydrogens (tertiary/aromatic N) is 1. The zero-order valence-corrected chi connectivity index (χ0v) is 14.0. The van der Waals surface area contributed by atoms with Crippen LogP contribution in [0.3, 0.4) is 0 Å². The van der Waals surface area contributed by atoms with Gasteiger partial charge >= 0.3 is 24.1 Å². The highest BCUT2D eigenvalue weighted by Crippen LogP contribution is 2.47. The number of carboxylic acid groups (broad SMARTS) is 1. The minimum absolute atomic E-state index is 0.225. The molecule has 26 heavy (non-hydrogen) atoms. The van der Waals surface area contributed by atoms with Crippen molar-refractivity contribution in [3.05, 3.63) is 0 Å². The van der Waals surface area contributed by atoms with Gasteiger partial charge in [-0.1, -0.05) is 0 Å². The molecular formula is C12H14F3N3O7S. The van der Waals surface area contributed by atoms with Gasteiger partial charge in [-0.05, 0) is 0 Å². The van der Waals surface area contributed by atoms with E-state index < -0.39 is 59.7 Å². The smallest absolute Gasteiger partial charge is 0.471 e. The number of methoxy groups -OCH3 is 1. The number of nitrogens with one attached hydrogen (secondary N) is 1. The van der Waals surface area contributed by atoms with Gasteiger partial charge in [-0.3, -0.25) is 14.4 Å². The molecule has 146 valence electrons. The van der Waals surface area contributed by atoms with Crippen molar-refractivity contribution in [1.82, 2.24) is 10.2 Å². The summed E-state index contributed by atoms with van der Waals surface area (Å²) in [6, 6.07) is 0. The predicted molar refractivity (Wildman–Crippen MR) is 77.5 cm³/mol. The Hall–Kier alpha value is -2.22. The molecule has 2 aliphatic rings. The van der Waals surface area contributed by atoms with Gasteiger partial charge in [0.05, 0.1) is 0 Å². The van der Waals surface area contributed by atoms with Gasteiger partial charge < -0.3 is 30.5 Å². The van der Waals surface area contributed by atoms with Crippen molar-refractivity contribution >= 4 is 35.6 Å². The first-order chi connectivity index (χ1) is 11.9. The van der Waals surface area contributed by atoms with E-state index in [9.17, 15) is 37.5 Å². The Kier molecular flexibility index (Phi) is 5.02. The van der Waals surface area contributed by atoms with Crippen molar-refractivity contribution in [3.8, 4) is 0 Å². The number of carbonyl (C=O) groups is 4. The van der Waals surface area contributed by atoms with Gasteiger partial charge in [-0.2, -0.15) is 13.2 Å². The van der Waals surface area contributed by atoms with E-state index in [0.717, 1.165) is 23.8 Å². The largest absolute Gasteiger partial charge is 0.481 e. The number of hydrogen-bond donors (Lipinski definition) is 3. The Bertz CT molecular complexity index is 660. The summed E-state index contributed by atoms with van der Waals surface area (Å²) in [5.41, 5.74) is 0.865. The van der Waals surface area contributed by atoms with E-state index in [2.05, 4.69) is 4.74 Å². The summed E-state index contributed by atoms with van der Waals surface area (Å²) in [5, 5.41) is 9.87. The van der Waals surface area contributed by atoms with Crippen LogP contribution >= 0.6 is 11.8 Å². The summed E-state index contributed by atoms with van der Waals surface area (Å²) >= 11 is 0.773. The third-order valence-corrected chi connectivity index (χ3v) is 5.64. The van der Waals surface area contributed by atoms with E-state index in [1.807, 2.05) is 0 Å². The number of fused-ring (bicyclic) bond motifs is 1. The van der Waals surface area contributed by atoms with Crippen LogP contribution in [0.4, 0.5) is 18.0 Å². The molecule has 0 aromatic carbocycles. The van der Waals surface area contributed by atoms with Gasteiger partial charge in [0.1, 0.15) is 17.4 Å². The molecule has 0 aromatic heterocycles. The Morgan fingerprint density at radius 2 is 2.08 bits per heavy atom. The molecule has 0 radical (unpaired) electrons. The number of alkyl halides is 3. The van der Waals surface area contributed by atoms with Crippen molar-refractivity contribution in [2.75, 3.05) is 26.0 Å². The Balaban J connectivity index is 2.20. The summed E-state index contributed by atoms with van der Waals surface area (Å²) in [7, 11) is 0.946. The third kappa shape index (κ3) is 3.13. The average Bonchev–Trinajstić information content (AvgIpc) is 2.55. The monoisotopic (exact) mass is 401 g/mol. The molecule has 2 unspecified atom stereocenters. The van der Waals surface area contributed by atoms with Crippen LogP contribution in [0.1, 0.15) is 0 Å². The summed E-state index contributed by atoms with van der Waals surface area (Å²) < 4.78 is 46.9. The number of nitrogens with two attached hydrogens (primary N) is 1. The molecule has 2 heterocycles. The Labute approximate surface area is 148 Å². The molecule has 2 aliphatic heterocycles. The van der Waals surface area contributed by atoms with E-state index in [0.29, 0.717) is 0 Å². The fourth-order valence-corrected chi connectivity index (χ4v) is 4.25. The Morgan fingerprint density at radius 3 is 2.54 bits per heavy atom. The number of aliphatic carboxylic acids is 1. The Morgan fingerprint density at radius 1 is 1.46 bits per heavy atom. The number of halogens is 3. The van der Waals surface area contributed by atoms with Crippen LogP contribution in [0.25, 0.3) is 0 Å². The molecule has 0 aromatic rings. The lowest BCUT2D eigenvalue weighted by atomic mass is 9.87. The minimum Gasteiger partial charge on any atom is -0.481 e. The maximum absolute atomic E-state index is 12.5. The minimum atomic E-state index is -5.23. The quantitative estimate of drug-likeness (QED) is 0.396. The van der Waals surface area contributed by atoms with Crippen LogP contribution in [-0.4, -0.2) is 77.2 Å². The van der Waals surface area contributed by atoms with Crippen molar-refractivity contribution < 1.29 is 46.9 Å². The second kappa shape index (κ2) is 6.50. The second-order valence-corrected chi connectivity index (χ2v) is 6.75. The highest BCUT2D eigenvalue weighted by molar-refractivity contribution is 8.00. The zero-order chi connectivity index (χ0) is 19.9. The first kappa shape index (κ1) is 20.1. The van der Waals surface area contributed by atoms with E-state index >= 15 is 0 Å². The van der Waals surface area contributed by atoms with Crippen LogP contribution in [0.2, 0.25) is 0 Å². The van der Waals surface area contributed by atoms with E-state index in [4.69, 9.17) is 10.5 Å². The third-order valence-electron chi connectivity index (χ3n) is 4.02. The van der Waals surface area contributed by atoms with Gasteiger partial charge in [0.2, 0.25) is 0 Å². The number of rotatable bonds is 5. The van der Waals surface area contributed by atoms with Crippen molar-refractivity contribution in [3.63, 3.8) is 0 Å². The summed E-state index contributed by atoms with van der Waals surface area (Å²) in [6.45, 7) is -1.09. The predicted octanol–water partition coefficient (Wildman–Crippen LogP) is -0.911. The molecule has 0 bridgehead atoms. The number of ether oxygens (including phenoxy) is 2. The van der Waals surface area contributed by atoms with Gasteiger partial charge in [0, 0.05) is 19.4 Å². The maximum Gasteiger partial charge on any atom is 0.471 e. The van der Waals surface area contributed by atoms with Crippen LogP contribution < -0.4 is 11.1 Å². The molecule has 3 atom stereocenters.